The Hall–Kier alpha value is 1.59. The van der Waals surface area contributed by atoms with E-state index in [1.165, 1.54) is 0 Å². The first-order valence-corrected chi connectivity index (χ1v) is 14.0. The Kier molecular flexibility index (Phi) is 7.82. The Bertz CT molecular complexity index is 154. The van der Waals surface area contributed by atoms with E-state index < -0.39 is 13.4 Å². The molecule has 0 atom stereocenters. The van der Waals surface area contributed by atoms with Gasteiger partial charge >= 0.3 is 6.00 Å². The van der Waals surface area contributed by atoms with Gasteiger partial charge in [0.05, 0.1) is 0 Å². The van der Waals surface area contributed by atoms with Crippen molar-refractivity contribution in [3.05, 3.63) is 0 Å². The van der Waals surface area contributed by atoms with Crippen LogP contribution < -0.4 is 0 Å². The van der Waals surface area contributed by atoms with Gasteiger partial charge in [-0.1, -0.05) is 26.7 Å². The van der Waals surface area contributed by atoms with Crippen LogP contribution in [0.15, 0.2) is 0 Å². The number of hydrogen-bond acceptors (Lipinski definition) is 0. The van der Waals surface area contributed by atoms with Crippen molar-refractivity contribution in [1.82, 2.24) is 0 Å². The zero-order chi connectivity index (χ0) is 11.2. The van der Waals surface area contributed by atoms with Crippen molar-refractivity contribution in [2.75, 3.05) is 0 Å². The molecule has 6 heteroatoms. The summed E-state index contributed by atoms with van der Waals surface area (Å²) in [6.45, 7) is 4.37. The van der Waals surface area contributed by atoms with Crippen LogP contribution in [0, 0.1) is 0 Å². The third-order valence-corrected chi connectivity index (χ3v) is 11.2. The lowest BCUT2D eigenvalue weighted by Crippen LogP contribution is -2.24. The summed E-state index contributed by atoms with van der Waals surface area (Å²) in [5, 5.41) is 0. The molecule has 0 aromatic rings. The summed E-state index contributed by atoms with van der Waals surface area (Å²) in [7, 11) is -1.44. The third-order valence-electron chi connectivity index (χ3n) is 2.60. The van der Waals surface area contributed by atoms with E-state index in [2.05, 4.69) is 13.8 Å². The first kappa shape index (κ1) is 15.6. The summed E-state index contributed by atoms with van der Waals surface area (Å²) in [6, 6.07) is 1.85. The molecule has 0 radical (unpaired) electrons. The molecular weight excluding hydrogens is 294 g/mol. The van der Waals surface area contributed by atoms with Crippen LogP contribution in [-0.2, 0) is 0 Å². The van der Waals surface area contributed by atoms with Gasteiger partial charge < -0.3 is 0 Å². The Balaban J connectivity index is 3.63. The van der Waals surface area contributed by atoms with Crippen LogP contribution in [0.4, 0.5) is 0 Å². The Morgan fingerprint density at radius 1 is 0.786 bits per heavy atom. The predicted molar refractivity (Wildman–Crippen MR) is 74.7 cm³/mol. The van der Waals surface area contributed by atoms with E-state index in [1.807, 2.05) is 0 Å². The van der Waals surface area contributed by atoms with Crippen LogP contribution in [0.2, 0.25) is 24.2 Å². The van der Waals surface area contributed by atoms with Crippen molar-refractivity contribution >= 4 is 57.7 Å². The molecule has 0 unspecified atom stereocenters. The molecule has 86 valence electrons. The maximum atomic E-state index is 6.51. The fourth-order valence-electron chi connectivity index (χ4n) is 1.37. The van der Waals surface area contributed by atoms with Crippen molar-refractivity contribution in [3.63, 3.8) is 0 Å². The van der Waals surface area contributed by atoms with Crippen LogP contribution in [0.3, 0.4) is 0 Å². The number of halogens is 4. The SMILES string of the molecule is CC[Si](Cl)(CC)CCCC[Si](Cl)(Cl)Cl. The second kappa shape index (κ2) is 7.02. The smallest absolute Gasteiger partial charge is 0.167 e. The minimum atomic E-state index is -2.38. The summed E-state index contributed by atoms with van der Waals surface area (Å²) in [5.41, 5.74) is 0. The molecule has 0 aliphatic heterocycles. The van der Waals surface area contributed by atoms with Gasteiger partial charge in [0.2, 0.25) is 0 Å². The minimum absolute atomic E-state index is 0.770. The van der Waals surface area contributed by atoms with Crippen LogP contribution in [0.5, 0.6) is 0 Å². The first-order chi connectivity index (χ1) is 6.33. The van der Waals surface area contributed by atoms with Gasteiger partial charge in [-0.25, -0.2) is 0 Å². The molecule has 0 aromatic heterocycles. The zero-order valence-corrected chi connectivity index (χ0v) is 13.8. The van der Waals surface area contributed by atoms with Gasteiger partial charge in [0, 0.05) is 0 Å². The highest BCUT2D eigenvalue weighted by Gasteiger charge is 2.27. The lowest BCUT2D eigenvalue weighted by atomic mass is 10.4. The van der Waals surface area contributed by atoms with Crippen LogP contribution in [-0.4, -0.2) is 13.4 Å². The molecule has 0 N–H and O–H groups in total. The average molecular weight is 312 g/mol. The van der Waals surface area contributed by atoms with Crippen molar-refractivity contribution < 1.29 is 0 Å². The molecule has 0 amide bonds. The van der Waals surface area contributed by atoms with Crippen LogP contribution >= 0.6 is 44.3 Å². The monoisotopic (exact) mass is 310 g/mol. The predicted octanol–water partition coefficient (Wildman–Crippen LogP) is 5.65. The molecular formula is C8H18Cl4Si2. The third kappa shape index (κ3) is 7.83. The molecule has 0 aliphatic carbocycles. The molecule has 0 bridgehead atoms. The highest BCUT2D eigenvalue weighted by Crippen LogP contribution is 2.31. The minimum Gasteiger partial charge on any atom is -0.167 e. The summed E-state index contributed by atoms with van der Waals surface area (Å²) in [6.07, 6.45) is 2.14. The topological polar surface area (TPSA) is 0 Å². The van der Waals surface area contributed by atoms with Gasteiger partial charge in [0.15, 0.2) is 7.38 Å². The Morgan fingerprint density at radius 2 is 1.21 bits per heavy atom. The number of hydrogen-bond donors (Lipinski definition) is 0. The van der Waals surface area contributed by atoms with Gasteiger partial charge in [0.25, 0.3) is 0 Å². The fourth-order valence-corrected chi connectivity index (χ4v) is 5.72. The largest absolute Gasteiger partial charge is 0.341 e. The Labute approximate surface area is 108 Å². The molecule has 0 nitrogen and oxygen atoms in total. The van der Waals surface area contributed by atoms with E-state index in [-0.39, 0.29) is 0 Å². The van der Waals surface area contributed by atoms with Gasteiger partial charge in [-0.05, 0) is 24.2 Å². The normalized spacial score (nSPS) is 13.3. The van der Waals surface area contributed by atoms with Gasteiger partial charge in [-0.3, -0.25) is 0 Å². The average Bonchev–Trinajstić information content (AvgIpc) is 2.11. The second-order valence-electron chi connectivity index (χ2n) is 3.68. The van der Waals surface area contributed by atoms with Crippen molar-refractivity contribution in [2.24, 2.45) is 0 Å². The molecule has 0 aliphatic rings. The molecule has 0 spiro atoms. The van der Waals surface area contributed by atoms with E-state index in [9.17, 15) is 0 Å². The quantitative estimate of drug-likeness (QED) is 0.324. The van der Waals surface area contributed by atoms with Gasteiger partial charge in [0.1, 0.15) is 0 Å². The lowest BCUT2D eigenvalue weighted by Gasteiger charge is -2.20. The van der Waals surface area contributed by atoms with E-state index in [1.54, 1.807) is 0 Å². The van der Waals surface area contributed by atoms with E-state index in [0.29, 0.717) is 0 Å². The number of rotatable bonds is 7. The molecule has 0 fully saturated rings. The summed E-state index contributed by atoms with van der Waals surface area (Å²) < 4.78 is 0. The van der Waals surface area contributed by atoms with E-state index in [0.717, 1.165) is 37.0 Å². The zero-order valence-electron chi connectivity index (χ0n) is 8.75. The highest BCUT2D eigenvalue weighted by molar-refractivity contribution is 7.64. The summed E-state index contributed by atoms with van der Waals surface area (Å²) >= 11 is 23.9. The highest BCUT2D eigenvalue weighted by atomic mass is 35.8. The van der Waals surface area contributed by atoms with Gasteiger partial charge in [-0.2, -0.15) is 11.1 Å². The molecule has 0 saturated carbocycles. The number of unbranched alkanes of at least 4 members (excludes halogenated alkanes) is 1. The van der Waals surface area contributed by atoms with E-state index in [4.69, 9.17) is 44.3 Å². The lowest BCUT2D eigenvalue weighted by molar-refractivity contribution is 0.860. The van der Waals surface area contributed by atoms with E-state index >= 15 is 0 Å². The Morgan fingerprint density at radius 3 is 1.57 bits per heavy atom. The summed E-state index contributed by atoms with van der Waals surface area (Å²) in [4.78, 5) is 0. The molecule has 0 heterocycles. The van der Waals surface area contributed by atoms with Crippen LogP contribution in [0.1, 0.15) is 26.7 Å². The molecule has 0 rings (SSSR count). The molecule has 0 aromatic carbocycles. The standard InChI is InChI=1S/C8H18Cl4Si2/c1-3-13(9,4-2)7-5-6-8-14(10,11)12/h3-8H2,1-2H3. The first-order valence-electron chi connectivity index (χ1n) is 5.08. The van der Waals surface area contributed by atoms with Crippen molar-refractivity contribution in [1.29, 1.82) is 0 Å². The van der Waals surface area contributed by atoms with Crippen molar-refractivity contribution in [2.45, 2.75) is 50.9 Å². The maximum absolute atomic E-state index is 6.51. The van der Waals surface area contributed by atoms with Crippen molar-refractivity contribution in [3.8, 4) is 0 Å². The van der Waals surface area contributed by atoms with Gasteiger partial charge in [-0.15, -0.1) is 33.2 Å². The molecule has 0 saturated heterocycles. The maximum Gasteiger partial charge on any atom is 0.341 e. The summed E-state index contributed by atoms with van der Waals surface area (Å²) in [5.74, 6) is 0. The second-order valence-corrected chi connectivity index (χ2v) is 19.6. The molecule has 14 heavy (non-hydrogen) atoms. The fraction of sp³-hybridized carbons (Fsp3) is 1.00. The van der Waals surface area contributed by atoms with Crippen LogP contribution in [0.25, 0.3) is 0 Å².